The van der Waals surface area contributed by atoms with E-state index in [1.165, 1.54) is 17.2 Å². The van der Waals surface area contributed by atoms with Gasteiger partial charge in [0.15, 0.2) is 37.1 Å². The molecule has 0 unspecified atom stereocenters. The van der Waals surface area contributed by atoms with Crippen molar-refractivity contribution in [2.24, 2.45) is 0 Å². The van der Waals surface area contributed by atoms with Gasteiger partial charge in [-0.25, -0.2) is 15.0 Å². The van der Waals surface area contributed by atoms with Gasteiger partial charge in [0.2, 0.25) is 0 Å². The average Bonchev–Trinajstić information content (AvgIpc) is 3.08. The number of aliphatic hydroxyl groups excluding tert-OH is 2. The minimum Gasteiger partial charge on any atom is -0.385 e. The van der Waals surface area contributed by atoms with Crippen LogP contribution in [0, 0.1) is 0 Å². The fraction of sp³-hybridized carbons (Fsp3) is 0.545. The Hall–Kier alpha value is -1.74. The lowest BCUT2D eigenvalue weighted by molar-refractivity contribution is -0.215. The molecule has 0 aromatic carbocycles. The van der Waals surface area contributed by atoms with Crippen LogP contribution in [0.1, 0.15) is 6.23 Å². The summed E-state index contributed by atoms with van der Waals surface area (Å²) in [5.74, 6) is 0.149. The highest BCUT2D eigenvalue weighted by Gasteiger charge is 2.45. The Morgan fingerprint density at radius 2 is 2.00 bits per heavy atom. The maximum atomic E-state index is 10.7. The average molecular weight is 394 g/mol. The maximum absolute atomic E-state index is 10.7. The first kappa shape index (κ1) is 20.6. The van der Waals surface area contributed by atoms with Crippen molar-refractivity contribution in [2.75, 3.05) is 18.9 Å². The molecule has 0 bridgehead atoms. The highest BCUT2D eigenvalue weighted by atomic mass is 31.2. The lowest BCUT2D eigenvalue weighted by Crippen LogP contribution is -2.33. The SMILES string of the molecule is N.Nc1ncnc2c1ncn2[C@@H]1O[C@H](OCOCP(=O)(O)O)[C@@H](O)[C@H]1O. The van der Waals surface area contributed by atoms with E-state index < -0.39 is 45.5 Å². The van der Waals surface area contributed by atoms with Crippen LogP contribution in [0.25, 0.3) is 11.2 Å². The van der Waals surface area contributed by atoms with Gasteiger partial charge in [0.25, 0.3) is 0 Å². The topological polar surface area (TPSA) is 230 Å². The van der Waals surface area contributed by atoms with Gasteiger partial charge in [-0.3, -0.25) is 9.13 Å². The number of nitrogen functional groups attached to an aromatic ring is 1. The second kappa shape index (κ2) is 7.87. The molecule has 0 amide bonds. The number of anilines is 1. The monoisotopic (exact) mass is 394 g/mol. The molecule has 146 valence electrons. The molecule has 1 saturated heterocycles. The van der Waals surface area contributed by atoms with Crippen molar-refractivity contribution < 1.29 is 38.8 Å². The maximum Gasteiger partial charge on any atom is 0.351 e. The lowest BCUT2D eigenvalue weighted by Gasteiger charge is -2.16. The number of hydrogen-bond donors (Lipinski definition) is 6. The molecule has 15 heteroatoms. The van der Waals surface area contributed by atoms with Crippen molar-refractivity contribution in [2.45, 2.75) is 24.7 Å². The second-order valence-electron chi connectivity index (χ2n) is 5.24. The summed E-state index contributed by atoms with van der Waals surface area (Å²) >= 11 is 0. The third-order valence-electron chi connectivity index (χ3n) is 3.43. The first-order valence-corrected chi connectivity index (χ1v) is 8.76. The van der Waals surface area contributed by atoms with Crippen LogP contribution in [0.5, 0.6) is 0 Å². The molecule has 0 radical (unpaired) electrons. The number of rotatable bonds is 6. The molecular weight excluding hydrogens is 375 g/mol. The molecular formula is C11H19N6O8P. The van der Waals surface area contributed by atoms with E-state index in [1.54, 1.807) is 0 Å². The smallest absolute Gasteiger partial charge is 0.351 e. The van der Waals surface area contributed by atoms with Crippen LogP contribution in [0.2, 0.25) is 0 Å². The van der Waals surface area contributed by atoms with E-state index in [1.807, 2.05) is 0 Å². The Morgan fingerprint density at radius 1 is 1.27 bits per heavy atom. The van der Waals surface area contributed by atoms with Crippen LogP contribution in [-0.2, 0) is 18.8 Å². The van der Waals surface area contributed by atoms with Gasteiger partial charge in [0, 0.05) is 0 Å². The first-order chi connectivity index (χ1) is 11.8. The van der Waals surface area contributed by atoms with Crippen molar-refractivity contribution in [3.63, 3.8) is 0 Å². The Morgan fingerprint density at radius 3 is 2.69 bits per heavy atom. The van der Waals surface area contributed by atoms with Gasteiger partial charge >= 0.3 is 7.60 Å². The molecule has 1 aliphatic rings. The highest BCUT2D eigenvalue weighted by molar-refractivity contribution is 7.51. The van der Waals surface area contributed by atoms with E-state index in [0.29, 0.717) is 11.2 Å². The molecule has 2 aromatic heterocycles. The predicted molar refractivity (Wildman–Crippen MR) is 84.6 cm³/mol. The van der Waals surface area contributed by atoms with Crippen molar-refractivity contribution in [3.05, 3.63) is 12.7 Å². The van der Waals surface area contributed by atoms with E-state index in [0.717, 1.165) is 0 Å². The van der Waals surface area contributed by atoms with E-state index >= 15 is 0 Å². The molecule has 14 nitrogen and oxygen atoms in total. The zero-order chi connectivity index (χ0) is 18.2. The zero-order valence-corrected chi connectivity index (χ0v) is 14.2. The second-order valence-corrected chi connectivity index (χ2v) is 6.83. The van der Waals surface area contributed by atoms with Crippen molar-refractivity contribution >= 4 is 24.6 Å². The number of nitrogens with zero attached hydrogens (tertiary/aromatic N) is 4. The molecule has 3 rings (SSSR count). The number of nitrogens with two attached hydrogens (primary N) is 1. The third-order valence-corrected chi connectivity index (χ3v) is 3.95. The number of ether oxygens (including phenoxy) is 3. The Bertz CT molecular complexity index is 798. The minimum atomic E-state index is -4.33. The molecule has 0 saturated carbocycles. The number of fused-ring (bicyclic) bond motifs is 1. The molecule has 26 heavy (non-hydrogen) atoms. The Balaban J connectivity index is 0.00000243. The molecule has 1 aliphatic heterocycles. The summed E-state index contributed by atoms with van der Waals surface area (Å²) in [6.07, 6.45) is -3.46. The summed E-state index contributed by atoms with van der Waals surface area (Å²) in [7, 11) is -4.33. The number of aromatic nitrogens is 4. The number of imidazole rings is 1. The molecule has 4 atom stereocenters. The van der Waals surface area contributed by atoms with Crippen LogP contribution in [0.15, 0.2) is 12.7 Å². The summed E-state index contributed by atoms with van der Waals surface area (Å²) in [6.45, 7) is -0.550. The molecule has 0 spiro atoms. The molecule has 9 N–H and O–H groups in total. The summed E-state index contributed by atoms with van der Waals surface area (Å²) in [5, 5.41) is 20.2. The van der Waals surface area contributed by atoms with Crippen LogP contribution in [-0.4, -0.2) is 71.2 Å². The van der Waals surface area contributed by atoms with E-state index in [2.05, 4.69) is 19.7 Å². The Labute approximate surface area is 146 Å². The van der Waals surface area contributed by atoms with E-state index in [4.69, 9.17) is 25.0 Å². The van der Waals surface area contributed by atoms with Gasteiger partial charge in [-0.05, 0) is 0 Å². The van der Waals surface area contributed by atoms with Gasteiger partial charge in [-0.15, -0.1) is 0 Å². The lowest BCUT2D eigenvalue weighted by atomic mass is 10.2. The quantitative estimate of drug-likeness (QED) is 0.182. The fourth-order valence-electron chi connectivity index (χ4n) is 2.32. The normalized spacial score (nSPS) is 26.2. The zero-order valence-electron chi connectivity index (χ0n) is 13.3. The number of aliphatic hydroxyl groups is 2. The Kier molecular flexibility index (Phi) is 6.23. The van der Waals surface area contributed by atoms with Crippen molar-refractivity contribution in [1.29, 1.82) is 0 Å². The number of hydrogen-bond acceptors (Lipinski definition) is 11. The van der Waals surface area contributed by atoms with E-state index in [9.17, 15) is 14.8 Å². The van der Waals surface area contributed by atoms with Gasteiger partial charge in [0.1, 0.15) is 24.1 Å². The molecule has 2 aromatic rings. The van der Waals surface area contributed by atoms with Crippen molar-refractivity contribution in [3.8, 4) is 0 Å². The third kappa shape index (κ3) is 4.15. The predicted octanol–water partition coefficient (Wildman–Crippen LogP) is -1.73. The van der Waals surface area contributed by atoms with Crippen LogP contribution in [0.3, 0.4) is 0 Å². The molecule has 1 fully saturated rings. The van der Waals surface area contributed by atoms with Crippen LogP contribution < -0.4 is 11.9 Å². The summed E-state index contributed by atoms with van der Waals surface area (Å²) in [6, 6.07) is 0. The minimum absolute atomic E-state index is 0. The summed E-state index contributed by atoms with van der Waals surface area (Å²) < 4.78 is 27.2. The molecule has 3 heterocycles. The first-order valence-electron chi connectivity index (χ1n) is 6.96. The fourth-order valence-corrected chi connectivity index (χ4v) is 2.64. The van der Waals surface area contributed by atoms with Gasteiger partial charge < -0.3 is 46.1 Å². The van der Waals surface area contributed by atoms with E-state index in [-0.39, 0.29) is 12.0 Å². The summed E-state index contributed by atoms with van der Waals surface area (Å²) in [4.78, 5) is 29.2. The van der Waals surface area contributed by atoms with Gasteiger partial charge in [-0.1, -0.05) is 0 Å². The molecule has 0 aliphatic carbocycles. The highest BCUT2D eigenvalue weighted by Crippen LogP contribution is 2.35. The van der Waals surface area contributed by atoms with Gasteiger partial charge in [0.05, 0.1) is 6.33 Å². The van der Waals surface area contributed by atoms with Crippen LogP contribution in [0.4, 0.5) is 5.82 Å². The summed E-state index contributed by atoms with van der Waals surface area (Å²) in [5.41, 5.74) is 6.29. The van der Waals surface area contributed by atoms with Crippen LogP contribution >= 0.6 is 7.60 Å². The van der Waals surface area contributed by atoms with Gasteiger partial charge in [-0.2, -0.15) is 0 Å². The standard InChI is InChI=1S/C11H16N5O8P.H3N/c12-8-5-9(14-1-13-8)16(2-15-5)10-6(17)7(18)11(24-10)23-3-22-4-25(19,20)21;/h1-2,6-7,10-11,17-18H,3-4H2,(H2,12,13,14)(H2,19,20,21);1H3/t6-,7+,10-,11+;/m1./s1. The van der Waals surface area contributed by atoms with Crippen molar-refractivity contribution in [1.82, 2.24) is 25.7 Å². The largest absolute Gasteiger partial charge is 0.385 e.